The van der Waals surface area contributed by atoms with Crippen LogP contribution in [0.25, 0.3) is 0 Å². The monoisotopic (exact) mass is 253 g/mol. The number of hydrogen-bond acceptors (Lipinski definition) is 4. The minimum absolute atomic E-state index is 0.596. The highest BCUT2D eigenvalue weighted by Crippen LogP contribution is 2.45. The molecule has 2 aliphatic heterocycles. The second-order valence-corrected chi connectivity index (χ2v) is 6.52. The van der Waals surface area contributed by atoms with Crippen molar-refractivity contribution < 1.29 is 4.74 Å². The Morgan fingerprint density at radius 3 is 2.61 bits per heavy atom. The van der Waals surface area contributed by atoms with E-state index in [-0.39, 0.29) is 0 Å². The van der Waals surface area contributed by atoms with Crippen LogP contribution in [0.4, 0.5) is 0 Å². The van der Waals surface area contributed by atoms with E-state index in [9.17, 15) is 0 Å². The van der Waals surface area contributed by atoms with Crippen LogP contribution >= 0.6 is 0 Å². The van der Waals surface area contributed by atoms with E-state index in [1.54, 1.807) is 0 Å². The third kappa shape index (κ3) is 3.23. The third-order valence-corrected chi connectivity index (χ3v) is 4.81. The van der Waals surface area contributed by atoms with E-state index in [0.717, 1.165) is 13.2 Å². The van der Waals surface area contributed by atoms with Crippen LogP contribution in [0.3, 0.4) is 0 Å². The van der Waals surface area contributed by atoms with Gasteiger partial charge in [0, 0.05) is 51.9 Å². The SMILES string of the molecule is CN1CCN(CC2(CN[C@H]3CCOC3)CC2)CC1. The number of hydrogen-bond donors (Lipinski definition) is 1. The maximum atomic E-state index is 5.43. The number of piperazine rings is 1. The lowest BCUT2D eigenvalue weighted by atomic mass is 10.1. The molecule has 1 aliphatic carbocycles. The average molecular weight is 253 g/mol. The number of rotatable bonds is 5. The van der Waals surface area contributed by atoms with E-state index in [1.165, 1.54) is 58.5 Å². The highest BCUT2D eigenvalue weighted by molar-refractivity contribution is 4.98. The minimum Gasteiger partial charge on any atom is -0.380 e. The predicted octanol–water partition coefficient (Wildman–Crippen LogP) is 0.393. The van der Waals surface area contributed by atoms with Gasteiger partial charge in [0.15, 0.2) is 0 Å². The maximum Gasteiger partial charge on any atom is 0.0620 e. The maximum absolute atomic E-state index is 5.43. The van der Waals surface area contributed by atoms with Gasteiger partial charge in [-0.25, -0.2) is 0 Å². The molecule has 1 atom stereocenters. The van der Waals surface area contributed by atoms with Crippen LogP contribution in [0.1, 0.15) is 19.3 Å². The summed E-state index contributed by atoms with van der Waals surface area (Å²) in [6.07, 6.45) is 4.03. The molecule has 3 rings (SSSR count). The van der Waals surface area contributed by atoms with E-state index in [0.29, 0.717) is 11.5 Å². The topological polar surface area (TPSA) is 27.7 Å². The summed E-state index contributed by atoms with van der Waals surface area (Å²) in [5.74, 6) is 0. The lowest BCUT2D eigenvalue weighted by Gasteiger charge is -2.35. The van der Waals surface area contributed by atoms with Crippen LogP contribution in [0.15, 0.2) is 0 Å². The second kappa shape index (κ2) is 5.45. The highest BCUT2D eigenvalue weighted by atomic mass is 16.5. The summed E-state index contributed by atoms with van der Waals surface area (Å²) in [7, 11) is 2.23. The first-order valence-electron chi connectivity index (χ1n) is 7.48. The number of nitrogens with zero attached hydrogens (tertiary/aromatic N) is 2. The van der Waals surface area contributed by atoms with Crippen molar-refractivity contribution in [1.82, 2.24) is 15.1 Å². The quantitative estimate of drug-likeness (QED) is 0.767. The second-order valence-electron chi connectivity index (χ2n) is 6.52. The van der Waals surface area contributed by atoms with Gasteiger partial charge >= 0.3 is 0 Å². The molecule has 0 amide bonds. The molecule has 2 saturated heterocycles. The zero-order valence-corrected chi connectivity index (χ0v) is 11.7. The molecule has 0 aromatic carbocycles. The zero-order valence-electron chi connectivity index (χ0n) is 11.7. The van der Waals surface area contributed by atoms with Crippen LogP contribution in [0.2, 0.25) is 0 Å². The average Bonchev–Trinajstić information content (AvgIpc) is 2.93. The Bertz CT molecular complexity index is 266. The predicted molar refractivity (Wildman–Crippen MR) is 72.8 cm³/mol. The van der Waals surface area contributed by atoms with Crippen molar-refractivity contribution >= 4 is 0 Å². The molecule has 18 heavy (non-hydrogen) atoms. The lowest BCUT2D eigenvalue weighted by Crippen LogP contribution is -2.48. The Kier molecular flexibility index (Phi) is 3.89. The summed E-state index contributed by atoms with van der Waals surface area (Å²) >= 11 is 0. The molecule has 0 radical (unpaired) electrons. The first kappa shape index (κ1) is 12.9. The Hall–Kier alpha value is -0.160. The summed E-state index contributed by atoms with van der Waals surface area (Å²) in [5.41, 5.74) is 0.596. The van der Waals surface area contributed by atoms with Gasteiger partial charge in [-0.1, -0.05) is 0 Å². The van der Waals surface area contributed by atoms with Gasteiger partial charge in [0.1, 0.15) is 0 Å². The van der Waals surface area contributed by atoms with Crippen LogP contribution in [-0.4, -0.2) is 75.4 Å². The first-order valence-corrected chi connectivity index (χ1v) is 7.48. The smallest absolute Gasteiger partial charge is 0.0620 e. The summed E-state index contributed by atoms with van der Waals surface area (Å²) < 4.78 is 5.43. The molecule has 0 aromatic rings. The molecule has 1 saturated carbocycles. The molecule has 1 N–H and O–H groups in total. The Balaban J connectivity index is 1.40. The summed E-state index contributed by atoms with van der Waals surface area (Å²) in [6.45, 7) is 9.36. The fourth-order valence-corrected chi connectivity index (χ4v) is 3.10. The minimum atomic E-state index is 0.596. The summed E-state index contributed by atoms with van der Waals surface area (Å²) in [4.78, 5) is 5.10. The van der Waals surface area contributed by atoms with Gasteiger partial charge in [-0.3, -0.25) is 0 Å². The zero-order chi connectivity index (χ0) is 12.4. The fourth-order valence-electron chi connectivity index (χ4n) is 3.10. The van der Waals surface area contributed by atoms with Crippen molar-refractivity contribution in [3.8, 4) is 0 Å². The van der Waals surface area contributed by atoms with Gasteiger partial charge in [0.05, 0.1) is 6.61 Å². The van der Waals surface area contributed by atoms with Crippen molar-refractivity contribution in [2.75, 3.05) is 59.5 Å². The largest absolute Gasteiger partial charge is 0.380 e. The Labute approximate surface area is 111 Å². The van der Waals surface area contributed by atoms with Crippen molar-refractivity contribution in [1.29, 1.82) is 0 Å². The first-order chi connectivity index (χ1) is 8.76. The van der Waals surface area contributed by atoms with E-state index >= 15 is 0 Å². The van der Waals surface area contributed by atoms with Gasteiger partial charge in [-0.15, -0.1) is 0 Å². The van der Waals surface area contributed by atoms with Crippen LogP contribution < -0.4 is 5.32 Å². The standard InChI is InChI=1S/C14H27N3O/c1-16-5-7-17(8-6-16)12-14(3-4-14)11-15-13-2-9-18-10-13/h13,15H,2-12H2,1H3/t13-/m0/s1. The Morgan fingerprint density at radius 1 is 1.22 bits per heavy atom. The number of likely N-dealkylation sites (N-methyl/N-ethyl adjacent to an activating group) is 1. The molecule has 0 aromatic heterocycles. The molecule has 3 aliphatic rings. The van der Waals surface area contributed by atoms with Crippen molar-refractivity contribution in [2.24, 2.45) is 5.41 Å². The molecule has 4 nitrogen and oxygen atoms in total. The van der Waals surface area contributed by atoms with Crippen molar-refractivity contribution in [3.63, 3.8) is 0 Å². The van der Waals surface area contributed by atoms with Gasteiger partial charge in [0.2, 0.25) is 0 Å². The number of ether oxygens (including phenoxy) is 1. The molecule has 3 fully saturated rings. The van der Waals surface area contributed by atoms with E-state index in [2.05, 4.69) is 22.2 Å². The summed E-state index contributed by atoms with van der Waals surface area (Å²) in [6, 6.07) is 0.620. The van der Waals surface area contributed by atoms with Gasteiger partial charge in [-0.2, -0.15) is 0 Å². The van der Waals surface area contributed by atoms with E-state index in [1.807, 2.05) is 0 Å². The van der Waals surface area contributed by atoms with E-state index < -0.39 is 0 Å². The third-order valence-electron chi connectivity index (χ3n) is 4.81. The van der Waals surface area contributed by atoms with Crippen LogP contribution in [0.5, 0.6) is 0 Å². The van der Waals surface area contributed by atoms with Crippen LogP contribution in [0, 0.1) is 5.41 Å². The molecule has 0 unspecified atom stereocenters. The normalized spacial score (nSPS) is 32.8. The highest BCUT2D eigenvalue weighted by Gasteiger charge is 2.44. The van der Waals surface area contributed by atoms with Crippen molar-refractivity contribution in [2.45, 2.75) is 25.3 Å². The van der Waals surface area contributed by atoms with Crippen molar-refractivity contribution in [3.05, 3.63) is 0 Å². The molecule has 0 spiro atoms. The van der Waals surface area contributed by atoms with E-state index in [4.69, 9.17) is 4.74 Å². The molecular formula is C14H27N3O. The summed E-state index contributed by atoms with van der Waals surface area (Å²) in [5, 5.41) is 3.72. The van der Waals surface area contributed by atoms with Crippen LogP contribution in [-0.2, 0) is 4.74 Å². The molecular weight excluding hydrogens is 226 g/mol. The fraction of sp³-hybridized carbons (Fsp3) is 1.00. The van der Waals surface area contributed by atoms with Gasteiger partial charge in [-0.05, 0) is 31.7 Å². The molecule has 2 heterocycles. The molecule has 104 valence electrons. The molecule has 4 heteroatoms. The Morgan fingerprint density at radius 2 is 2.00 bits per heavy atom. The number of nitrogens with one attached hydrogen (secondary N) is 1. The van der Waals surface area contributed by atoms with Gasteiger partial charge in [0.25, 0.3) is 0 Å². The lowest BCUT2D eigenvalue weighted by molar-refractivity contribution is 0.128. The van der Waals surface area contributed by atoms with Gasteiger partial charge < -0.3 is 19.9 Å². The molecule has 0 bridgehead atoms.